The summed E-state index contributed by atoms with van der Waals surface area (Å²) in [5.41, 5.74) is 1.95. The Hall–Kier alpha value is -1.93. The van der Waals surface area contributed by atoms with E-state index in [2.05, 4.69) is 5.32 Å². The van der Waals surface area contributed by atoms with E-state index in [1.807, 2.05) is 24.3 Å². The van der Waals surface area contributed by atoms with Crippen molar-refractivity contribution < 1.29 is 17.9 Å². The van der Waals surface area contributed by atoms with Crippen molar-refractivity contribution in [3.05, 3.63) is 64.7 Å². The maximum absolute atomic E-state index is 13.3. The van der Waals surface area contributed by atoms with Crippen LogP contribution in [0.15, 0.2) is 53.4 Å². The highest BCUT2D eigenvalue weighted by Gasteiger charge is 2.37. The van der Waals surface area contributed by atoms with E-state index in [9.17, 15) is 13.2 Å². The number of benzene rings is 2. The van der Waals surface area contributed by atoms with Crippen LogP contribution in [0.25, 0.3) is 0 Å². The molecule has 1 amide bonds. The zero-order valence-corrected chi connectivity index (χ0v) is 17.9. The van der Waals surface area contributed by atoms with Gasteiger partial charge in [-0.2, -0.15) is 4.31 Å². The number of nitrogens with zero attached hydrogens (tertiary/aromatic N) is 1. The predicted molar refractivity (Wildman–Crippen MR) is 112 cm³/mol. The molecule has 0 fully saturated rings. The molecule has 0 unspecified atom stereocenters. The monoisotopic (exact) mass is 436 g/mol. The highest BCUT2D eigenvalue weighted by molar-refractivity contribution is 7.89. The van der Waals surface area contributed by atoms with Gasteiger partial charge < -0.3 is 10.1 Å². The molecule has 1 N–H and O–H groups in total. The fourth-order valence-electron chi connectivity index (χ4n) is 3.56. The first-order chi connectivity index (χ1) is 13.9. The summed E-state index contributed by atoms with van der Waals surface area (Å²) in [5, 5.41) is 3.33. The third kappa shape index (κ3) is 5.17. The maximum atomic E-state index is 13.3. The number of hydrogen-bond acceptors (Lipinski definition) is 4. The fourth-order valence-corrected chi connectivity index (χ4v) is 5.29. The van der Waals surface area contributed by atoms with Crippen LogP contribution in [0, 0.1) is 0 Å². The van der Waals surface area contributed by atoms with Gasteiger partial charge in [0.2, 0.25) is 15.9 Å². The lowest BCUT2D eigenvalue weighted by Gasteiger charge is -2.36. The van der Waals surface area contributed by atoms with Crippen LogP contribution >= 0.6 is 11.6 Å². The Kier molecular flexibility index (Phi) is 7.29. The number of nitrogens with one attached hydrogen (secondary N) is 1. The number of hydrogen-bond donors (Lipinski definition) is 1. The molecule has 1 aliphatic rings. The topological polar surface area (TPSA) is 75.7 Å². The number of carbonyl (C=O) groups excluding carboxylic acids is 1. The van der Waals surface area contributed by atoms with Crippen molar-refractivity contribution >= 4 is 27.5 Å². The second-order valence-electron chi connectivity index (χ2n) is 6.93. The summed E-state index contributed by atoms with van der Waals surface area (Å²) in [6.45, 7) is 1.37. The van der Waals surface area contributed by atoms with Crippen LogP contribution in [-0.2, 0) is 26.0 Å². The quantitative estimate of drug-likeness (QED) is 0.645. The van der Waals surface area contributed by atoms with Gasteiger partial charge in [-0.05, 0) is 48.2 Å². The van der Waals surface area contributed by atoms with Crippen molar-refractivity contribution in [2.45, 2.75) is 30.2 Å². The minimum atomic E-state index is -3.77. The Bertz CT molecular complexity index is 947. The van der Waals surface area contributed by atoms with Crippen LogP contribution in [0.5, 0.6) is 0 Å². The summed E-state index contributed by atoms with van der Waals surface area (Å²) in [7, 11) is -2.16. The van der Waals surface area contributed by atoms with E-state index in [0.29, 0.717) is 37.6 Å². The van der Waals surface area contributed by atoms with E-state index >= 15 is 0 Å². The minimum Gasteiger partial charge on any atom is -0.385 e. The van der Waals surface area contributed by atoms with E-state index in [0.717, 1.165) is 11.1 Å². The van der Waals surface area contributed by atoms with E-state index in [-0.39, 0.29) is 17.2 Å². The molecule has 0 aromatic heterocycles. The first-order valence-corrected chi connectivity index (χ1v) is 11.4. The second-order valence-corrected chi connectivity index (χ2v) is 9.26. The smallest absolute Gasteiger partial charge is 0.243 e. The average Bonchev–Trinajstić information content (AvgIpc) is 2.71. The van der Waals surface area contributed by atoms with E-state index in [1.54, 1.807) is 19.2 Å². The van der Waals surface area contributed by atoms with Crippen LogP contribution in [-0.4, -0.2) is 45.4 Å². The van der Waals surface area contributed by atoms with Gasteiger partial charge in [-0.1, -0.05) is 35.9 Å². The van der Waals surface area contributed by atoms with E-state index in [1.165, 1.54) is 16.4 Å². The number of rotatable bonds is 8. The zero-order valence-electron chi connectivity index (χ0n) is 16.3. The molecule has 6 nitrogen and oxygen atoms in total. The van der Waals surface area contributed by atoms with Gasteiger partial charge in [0.05, 0.1) is 10.9 Å². The molecule has 2 aromatic carbocycles. The first kappa shape index (κ1) is 21.8. The van der Waals surface area contributed by atoms with Gasteiger partial charge in [0.1, 0.15) is 0 Å². The molecule has 8 heteroatoms. The van der Waals surface area contributed by atoms with Crippen LogP contribution in [0.3, 0.4) is 0 Å². The molecule has 1 heterocycles. The van der Waals surface area contributed by atoms with Gasteiger partial charge in [0.15, 0.2) is 0 Å². The molecule has 2 aromatic rings. The average molecular weight is 437 g/mol. The zero-order chi connectivity index (χ0) is 20.9. The van der Waals surface area contributed by atoms with E-state index < -0.39 is 16.1 Å². The van der Waals surface area contributed by atoms with Crippen molar-refractivity contribution in [1.29, 1.82) is 0 Å². The summed E-state index contributed by atoms with van der Waals surface area (Å²) >= 11 is 5.91. The standard InChI is InChI=1S/C21H25ClN2O4S/c1-28-14-4-12-23-21(25)15-20-19-6-3-2-5-16(19)11-13-24(20)29(26,27)18-9-7-17(22)8-10-18/h2-3,5-10,20H,4,11-15H2,1H3,(H,23,25)/t20-/m1/s1. The van der Waals surface area contributed by atoms with Gasteiger partial charge in [-0.15, -0.1) is 0 Å². The van der Waals surface area contributed by atoms with Gasteiger partial charge in [0, 0.05) is 38.2 Å². The van der Waals surface area contributed by atoms with Crippen LogP contribution < -0.4 is 5.32 Å². The van der Waals surface area contributed by atoms with Crippen LogP contribution in [0.4, 0.5) is 0 Å². The summed E-state index contributed by atoms with van der Waals surface area (Å²) < 4.78 is 33.1. The van der Waals surface area contributed by atoms with Gasteiger partial charge in [-0.25, -0.2) is 8.42 Å². The molecular formula is C21H25ClN2O4S. The van der Waals surface area contributed by atoms with Crippen molar-refractivity contribution in [3.8, 4) is 0 Å². The molecule has 29 heavy (non-hydrogen) atoms. The molecule has 0 aliphatic carbocycles. The normalized spacial score (nSPS) is 17.0. The molecular weight excluding hydrogens is 412 g/mol. The van der Waals surface area contributed by atoms with Crippen molar-refractivity contribution in [2.75, 3.05) is 26.8 Å². The Balaban J connectivity index is 1.87. The number of methoxy groups -OCH3 is 1. The highest BCUT2D eigenvalue weighted by atomic mass is 35.5. The summed E-state index contributed by atoms with van der Waals surface area (Å²) in [6, 6.07) is 13.3. The Morgan fingerprint density at radius 1 is 1.21 bits per heavy atom. The molecule has 0 spiro atoms. The largest absolute Gasteiger partial charge is 0.385 e. The molecule has 3 rings (SSSR count). The number of sulfonamides is 1. The molecule has 0 saturated carbocycles. The van der Waals surface area contributed by atoms with Gasteiger partial charge in [0.25, 0.3) is 0 Å². The lowest BCUT2D eigenvalue weighted by atomic mass is 9.92. The lowest BCUT2D eigenvalue weighted by molar-refractivity contribution is -0.122. The van der Waals surface area contributed by atoms with Crippen molar-refractivity contribution in [3.63, 3.8) is 0 Å². The molecule has 0 radical (unpaired) electrons. The molecule has 156 valence electrons. The molecule has 1 aliphatic heterocycles. The second kappa shape index (κ2) is 9.71. The van der Waals surface area contributed by atoms with E-state index in [4.69, 9.17) is 16.3 Å². The summed E-state index contributed by atoms with van der Waals surface area (Å²) in [5.74, 6) is -0.181. The third-order valence-corrected chi connectivity index (χ3v) is 7.18. The minimum absolute atomic E-state index is 0.0663. The molecule has 1 atom stereocenters. The van der Waals surface area contributed by atoms with Gasteiger partial charge in [-0.3, -0.25) is 4.79 Å². The number of carbonyl (C=O) groups is 1. The number of ether oxygens (including phenoxy) is 1. The SMILES string of the molecule is COCCCNC(=O)C[C@@H]1c2ccccc2CCN1S(=O)(=O)c1ccc(Cl)cc1. The Morgan fingerprint density at radius 3 is 2.66 bits per heavy atom. The van der Waals surface area contributed by atoms with Crippen LogP contribution in [0.1, 0.15) is 30.0 Å². The maximum Gasteiger partial charge on any atom is 0.243 e. The van der Waals surface area contributed by atoms with Gasteiger partial charge >= 0.3 is 0 Å². The van der Waals surface area contributed by atoms with Crippen molar-refractivity contribution in [2.24, 2.45) is 0 Å². The number of halogens is 1. The fraction of sp³-hybridized carbons (Fsp3) is 0.381. The van der Waals surface area contributed by atoms with Crippen molar-refractivity contribution in [1.82, 2.24) is 9.62 Å². The number of amides is 1. The Labute approximate surface area is 176 Å². The molecule has 0 saturated heterocycles. The number of fused-ring (bicyclic) bond motifs is 1. The Morgan fingerprint density at radius 2 is 1.93 bits per heavy atom. The highest BCUT2D eigenvalue weighted by Crippen LogP contribution is 2.36. The molecule has 0 bridgehead atoms. The first-order valence-electron chi connectivity index (χ1n) is 9.54. The summed E-state index contributed by atoms with van der Waals surface area (Å²) in [6.07, 6.45) is 1.38. The van der Waals surface area contributed by atoms with Crippen LogP contribution in [0.2, 0.25) is 5.02 Å². The summed E-state index contributed by atoms with van der Waals surface area (Å²) in [4.78, 5) is 12.7. The predicted octanol–water partition coefficient (Wildman–Crippen LogP) is 3.17. The third-order valence-electron chi connectivity index (χ3n) is 5.01. The lowest BCUT2D eigenvalue weighted by Crippen LogP contribution is -2.42.